The third-order valence-electron chi connectivity index (χ3n) is 3.42. The summed E-state index contributed by atoms with van der Waals surface area (Å²) in [4.78, 5) is 23.9. The van der Waals surface area contributed by atoms with Crippen LogP contribution in [0.1, 0.15) is 41.0 Å². The second-order valence-corrected chi connectivity index (χ2v) is 5.71. The van der Waals surface area contributed by atoms with E-state index in [0.29, 0.717) is 21.9 Å². The maximum absolute atomic E-state index is 12.0. The van der Waals surface area contributed by atoms with E-state index in [4.69, 9.17) is 16.3 Å². The van der Waals surface area contributed by atoms with E-state index >= 15 is 0 Å². The van der Waals surface area contributed by atoms with Crippen LogP contribution in [0, 0.1) is 0 Å². The number of hydrogen-bond acceptors (Lipinski definition) is 3. The van der Waals surface area contributed by atoms with Gasteiger partial charge in [0.2, 0.25) is 0 Å². The van der Waals surface area contributed by atoms with Crippen molar-refractivity contribution in [1.29, 1.82) is 0 Å². The lowest BCUT2D eigenvalue weighted by molar-refractivity contribution is 0.0846. The molecule has 5 nitrogen and oxygen atoms in total. The molecule has 0 bridgehead atoms. The van der Waals surface area contributed by atoms with Crippen LogP contribution in [0.25, 0.3) is 0 Å². The summed E-state index contributed by atoms with van der Waals surface area (Å²) < 4.78 is 5.65. The lowest BCUT2D eigenvalue weighted by Crippen LogP contribution is -2.41. The van der Waals surface area contributed by atoms with E-state index in [-0.39, 0.29) is 6.10 Å². The number of halogens is 1. The minimum Gasteiger partial charge on any atom is -0.491 e. The van der Waals surface area contributed by atoms with Gasteiger partial charge in [-0.05, 0) is 61.9 Å². The monoisotopic (exact) mass is 346 g/mol. The van der Waals surface area contributed by atoms with Gasteiger partial charge in [0.15, 0.2) is 0 Å². The molecule has 0 heterocycles. The van der Waals surface area contributed by atoms with Crippen LogP contribution in [0.15, 0.2) is 48.5 Å². The van der Waals surface area contributed by atoms with Gasteiger partial charge in [-0.15, -0.1) is 0 Å². The van der Waals surface area contributed by atoms with Crippen molar-refractivity contribution >= 4 is 23.4 Å². The molecule has 24 heavy (non-hydrogen) atoms. The maximum Gasteiger partial charge on any atom is 0.269 e. The first-order chi connectivity index (χ1) is 11.5. The van der Waals surface area contributed by atoms with Crippen molar-refractivity contribution in [3.8, 4) is 5.75 Å². The minimum absolute atomic E-state index is 0.114. The lowest BCUT2D eigenvalue weighted by atomic mass is 10.2. The molecule has 2 rings (SSSR count). The number of ether oxygens (including phenoxy) is 1. The van der Waals surface area contributed by atoms with Crippen molar-refractivity contribution in [3.63, 3.8) is 0 Å². The first-order valence-electron chi connectivity index (χ1n) is 7.62. The molecule has 2 N–H and O–H groups in total. The van der Waals surface area contributed by atoms with Crippen molar-refractivity contribution in [2.24, 2.45) is 0 Å². The van der Waals surface area contributed by atoms with Gasteiger partial charge in [-0.3, -0.25) is 20.4 Å². The molecule has 0 saturated carbocycles. The predicted molar refractivity (Wildman–Crippen MR) is 93.2 cm³/mol. The van der Waals surface area contributed by atoms with Gasteiger partial charge in [-0.25, -0.2) is 0 Å². The second-order valence-electron chi connectivity index (χ2n) is 5.28. The van der Waals surface area contributed by atoms with Gasteiger partial charge in [-0.1, -0.05) is 18.5 Å². The molecule has 1 unspecified atom stereocenters. The number of nitrogens with one attached hydrogen (secondary N) is 2. The lowest BCUT2D eigenvalue weighted by Gasteiger charge is -2.13. The van der Waals surface area contributed by atoms with Crippen molar-refractivity contribution in [1.82, 2.24) is 10.9 Å². The van der Waals surface area contributed by atoms with Crippen LogP contribution in [0.4, 0.5) is 0 Å². The summed E-state index contributed by atoms with van der Waals surface area (Å²) in [6, 6.07) is 13.1. The van der Waals surface area contributed by atoms with E-state index < -0.39 is 11.8 Å². The molecular weight excluding hydrogens is 328 g/mol. The SMILES string of the molecule is CCC(C)Oc1ccc(C(=O)NNC(=O)c2ccc(Cl)cc2)cc1. The highest BCUT2D eigenvalue weighted by molar-refractivity contribution is 6.30. The zero-order chi connectivity index (χ0) is 17.5. The van der Waals surface area contributed by atoms with Gasteiger partial charge in [-0.2, -0.15) is 0 Å². The quantitative estimate of drug-likeness (QED) is 0.813. The molecule has 6 heteroatoms. The van der Waals surface area contributed by atoms with Crippen LogP contribution >= 0.6 is 11.6 Å². The summed E-state index contributed by atoms with van der Waals surface area (Å²) in [6.45, 7) is 4.02. The smallest absolute Gasteiger partial charge is 0.269 e. The molecule has 0 aromatic heterocycles. The first kappa shape index (κ1) is 17.8. The highest BCUT2D eigenvalue weighted by Crippen LogP contribution is 2.15. The topological polar surface area (TPSA) is 67.4 Å². The number of rotatable bonds is 5. The van der Waals surface area contributed by atoms with E-state index in [9.17, 15) is 9.59 Å². The van der Waals surface area contributed by atoms with Crippen LogP contribution in [0.2, 0.25) is 5.02 Å². The highest BCUT2D eigenvalue weighted by Gasteiger charge is 2.09. The molecule has 0 spiro atoms. The normalized spacial score (nSPS) is 11.5. The minimum atomic E-state index is -0.420. The second kappa shape index (κ2) is 8.36. The number of carbonyl (C=O) groups is 2. The predicted octanol–water partition coefficient (Wildman–Crippen LogP) is 3.59. The molecule has 0 aliphatic rings. The summed E-state index contributed by atoms with van der Waals surface area (Å²) >= 11 is 5.77. The number of hydrazine groups is 1. The van der Waals surface area contributed by atoms with Crippen molar-refractivity contribution in [2.45, 2.75) is 26.4 Å². The Morgan fingerprint density at radius 2 is 1.42 bits per heavy atom. The number of benzene rings is 2. The summed E-state index contributed by atoms with van der Waals surface area (Å²) in [5.41, 5.74) is 5.55. The Kier molecular flexibility index (Phi) is 6.21. The molecule has 1 atom stereocenters. The van der Waals surface area contributed by atoms with Crippen molar-refractivity contribution < 1.29 is 14.3 Å². The number of amides is 2. The Morgan fingerprint density at radius 3 is 1.88 bits per heavy atom. The van der Waals surface area contributed by atoms with E-state index in [0.717, 1.165) is 6.42 Å². The van der Waals surface area contributed by atoms with Gasteiger partial charge >= 0.3 is 0 Å². The summed E-state index contributed by atoms with van der Waals surface area (Å²) in [7, 11) is 0. The van der Waals surface area contributed by atoms with E-state index in [1.165, 1.54) is 0 Å². The molecule has 0 fully saturated rings. The largest absolute Gasteiger partial charge is 0.491 e. The van der Waals surface area contributed by atoms with Crippen molar-refractivity contribution in [3.05, 3.63) is 64.7 Å². The van der Waals surface area contributed by atoms with Gasteiger partial charge in [0, 0.05) is 16.1 Å². The number of carbonyl (C=O) groups excluding carboxylic acids is 2. The molecule has 0 radical (unpaired) electrons. The fourth-order valence-electron chi connectivity index (χ4n) is 1.86. The van der Waals surface area contributed by atoms with Gasteiger partial charge in [0.25, 0.3) is 11.8 Å². The summed E-state index contributed by atoms with van der Waals surface area (Å²) in [5, 5.41) is 0.537. The summed E-state index contributed by atoms with van der Waals surface area (Å²) in [6.07, 6.45) is 1.02. The highest BCUT2D eigenvalue weighted by atomic mass is 35.5. The third-order valence-corrected chi connectivity index (χ3v) is 3.68. The van der Waals surface area contributed by atoms with E-state index in [1.807, 2.05) is 13.8 Å². The van der Waals surface area contributed by atoms with E-state index in [1.54, 1.807) is 48.5 Å². The fraction of sp³-hybridized carbons (Fsp3) is 0.222. The molecule has 2 aromatic rings. The Balaban J connectivity index is 1.90. The van der Waals surface area contributed by atoms with Crippen LogP contribution in [0.3, 0.4) is 0 Å². The molecule has 0 saturated heterocycles. The van der Waals surface area contributed by atoms with Gasteiger partial charge in [0.1, 0.15) is 5.75 Å². The first-order valence-corrected chi connectivity index (χ1v) is 8.00. The Bertz CT molecular complexity index is 699. The Hall–Kier alpha value is -2.53. The van der Waals surface area contributed by atoms with Gasteiger partial charge in [0.05, 0.1) is 6.10 Å². The molecule has 2 aromatic carbocycles. The zero-order valence-electron chi connectivity index (χ0n) is 13.5. The zero-order valence-corrected chi connectivity index (χ0v) is 14.3. The third kappa shape index (κ3) is 4.99. The Labute approximate surface area is 145 Å². The van der Waals surface area contributed by atoms with E-state index in [2.05, 4.69) is 10.9 Å². The molecule has 0 aliphatic carbocycles. The van der Waals surface area contributed by atoms with Crippen LogP contribution < -0.4 is 15.6 Å². The number of hydrogen-bond donors (Lipinski definition) is 2. The fourth-order valence-corrected chi connectivity index (χ4v) is 1.99. The van der Waals surface area contributed by atoms with Gasteiger partial charge < -0.3 is 4.74 Å². The molecular formula is C18H19ClN2O3. The molecule has 126 valence electrons. The molecule has 2 amide bonds. The standard InChI is InChI=1S/C18H19ClN2O3/c1-3-12(2)24-16-10-6-14(7-11-16)18(23)21-20-17(22)13-4-8-15(19)9-5-13/h4-12H,3H2,1-2H3,(H,20,22)(H,21,23). The summed E-state index contributed by atoms with van der Waals surface area (Å²) in [5.74, 6) is -0.129. The van der Waals surface area contributed by atoms with Crippen LogP contribution in [-0.2, 0) is 0 Å². The van der Waals surface area contributed by atoms with Crippen LogP contribution in [-0.4, -0.2) is 17.9 Å². The average molecular weight is 347 g/mol. The van der Waals surface area contributed by atoms with Crippen LogP contribution in [0.5, 0.6) is 5.75 Å². The average Bonchev–Trinajstić information content (AvgIpc) is 2.60. The maximum atomic E-state index is 12.0. The van der Waals surface area contributed by atoms with Crippen molar-refractivity contribution in [2.75, 3.05) is 0 Å². The molecule has 0 aliphatic heterocycles. The Morgan fingerprint density at radius 1 is 0.958 bits per heavy atom.